The molecule has 0 saturated heterocycles. The van der Waals surface area contributed by atoms with Gasteiger partial charge in [0.15, 0.2) is 0 Å². The number of aromatic amines is 1. The first kappa shape index (κ1) is 30.7. The number of aryl methyl sites for hydroxylation is 4. The summed E-state index contributed by atoms with van der Waals surface area (Å²) in [5.74, 6) is 0. The molecule has 4 heterocycles. The zero-order chi connectivity index (χ0) is 31.1. The number of carbonyl (C=O) groups is 2. The second-order valence-electron chi connectivity index (χ2n) is 9.89. The Hall–Kier alpha value is -5.26. The van der Waals surface area contributed by atoms with Gasteiger partial charge in [0.1, 0.15) is 36.1 Å². The van der Waals surface area contributed by atoms with Gasteiger partial charge >= 0.3 is 0 Å². The Kier molecular flexibility index (Phi) is 9.71. The average molecular weight is 638 g/mol. The van der Waals surface area contributed by atoms with Crippen LogP contribution >= 0.6 is 15.9 Å². The SMILES string of the molecule is Cc1c(C=O)ccc2[nH]c(C#N)cc12.Cc1c(C=O)ccc2c1cc(C#N)n2Cc1cnn(C)c1.Cn1cc(CBr)cn1. The van der Waals surface area contributed by atoms with Gasteiger partial charge in [-0.1, -0.05) is 15.9 Å². The predicted octanol–water partition coefficient (Wildman–Crippen LogP) is 5.89. The molecule has 216 valence electrons. The zero-order valence-electron chi connectivity index (χ0n) is 24.2. The van der Waals surface area contributed by atoms with Crippen molar-refractivity contribution in [2.75, 3.05) is 0 Å². The quantitative estimate of drug-likeness (QED) is 0.185. The highest BCUT2D eigenvalue weighted by Crippen LogP contribution is 2.26. The summed E-state index contributed by atoms with van der Waals surface area (Å²) in [4.78, 5) is 24.7. The first-order chi connectivity index (χ1) is 20.7. The number of hydrogen-bond donors (Lipinski definition) is 1. The molecule has 0 unspecified atom stereocenters. The molecule has 1 N–H and O–H groups in total. The highest BCUT2D eigenvalue weighted by Gasteiger charge is 2.13. The van der Waals surface area contributed by atoms with Crippen molar-refractivity contribution in [1.29, 1.82) is 10.5 Å². The third-order valence-electron chi connectivity index (χ3n) is 7.01. The molecular formula is C32H29BrN8O2. The van der Waals surface area contributed by atoms with E-state index in [1.54, 1.807) is 33.8 Å². The van der Waals surface area contributed by atoms with Crippen LogP contribution in [0.4, 0.5) is 0 Å². The number of benzene rings is 2. The van der Waals surface area contributed by atoms with Gasteiger partial charge < -0.3 is 9.55 Å². The Morgan fingerprint density at radius 1 is 0.860 bits per heavy atom. The topological polar surface area (TPSA) is 138 Å². The van der Waals surface area contributed by atoms with E-state index in [1.807, 2.05) is 75.4 Å². The maximum Gasteiger partial charge on any atom is 0.150 e. The van der Waals surface area contributed by atoms with Gasteiger partial charge in [0.05, 0.1) is 18.9 Å². The lowest BCUT2D eigenvalue weighted by atomic mass is 10.1. The van der Waals surface area contributed by atoms with Crippen molar-refractivity contribution in [2.45, 2.75) is 25.7 Å². The van der Waals surface area contributed by atoms with Crippen molar-refractivity contribution < 1.29 is 9.59 Å². The molecule has 0 aliphatic rings. The number of alkyl halides is 1. The molecule has 10 nitrogen and oxygen atoms in total. The summed E-state index contributed by atoms with van der Waals surface area (Å²) in [6.07, 6.45) is 9.22. The van der Waals surface area contributed by atoms with E-state index in [4.69, 9.17) is 5.26 Å². The molecule has 6 aromatic rings. The fourth-order valence-electron chi connectivity index (χ4n) is 4.71. The summed E-state index contributed by atoms with van der Waals surface area (Å²) in [5, 5.41) is 29.0. The summed E-state index contributed by atoms with van der Waals surface area (Å²) >= 11 is 3.32. The van der Waals surface area contributed by atoms with Crippen LogP contribution in [0.3, 0.4) is 0 Å². The van der Waals surface area contributed by atoms with E-state index < -0.39 is 0 Å². The number of H-pyrrole nitrogens is 1. The molecule has 0 fully saturated rings. The minimum Gasteiger partial charge on any atom is -0.346 e. The molecule has 0 bridgehead atoms. The molecular weight excluding hydrogens is 608 g/mol. The third-order valence-corrected chi connectivity index (χ3v) is 7.66. The number of fused-ring (bicyclic) bond motifs is 2. The van der Waals surface area contributed by atoms with E-state index in [0.717, 1.165) is 56.4 Å². The van der Waals surface area contributed by atoms with Crippen molar-refractivity contribution >= 4 is 50.3 Å². The van der Waals surface area contributed by atoms with Crippen LogP contribution in [0.1, 0.15) is 54.4 Å². The molecule has 0 atom stereocenters. The number of nitrogens with zero attached hydrogens (tertiary/aromatic N) is 7. The molecule has 43 heavy (non-hydrogen) atoms. The number of nitriles is 2. The number of aromatic nitrogens is 6. The van der Waals surface area contributed by atoms with Crippen LogP contribution < -0.4 is 0 Å². The molecule has 11 heteroatoms. The van der Waals surface area contributed by atoms with Gasteiger partial charge in [-0.3, -0.25) is 19.0 Å². The molecule has 0 amide bonds. The molecule has 4 aromatic heterocycles. The lowest BCUT2D eigenvalue weighted by Crippen LogP contribution is -2.01. The van der Waals surface area contributed by atoms with Crippen LogP contribution in [-0.4, -0.2) is 41.7 Å². The molecule has 0 radical (unpaired) electrons. The molecule has 0 saturated carbocycles. The number of rotatable bonds is 5. The molecule has 0 aliphatic heterocycles. The van der Waals surface area contributed by atoms with Gasteiger partial charge in [-0.25, -0.2) is 0 Å². The van der Waals surface area contributed by atoms with Crippen LogP contribution in [0.2, 0.25) is 0 Å². The fraction of sp³-hybridized carbons (Fsp3) is 0.188. The molecule has 0 aliphatic carbocycles. The van der Waals surface area contributed by atoms with Crippen LogP contribution in [0.5, 0.6) is 0 Å². The Morgan fingerprint density at radius 2 is 1.47 bits per heavy atom. The largest absolute Gasteiger partial charge is 0.346 e. The number of nitrogens with one attached hydrogen (secondary N) is 1. The van der Waals surface area contributed by atoms with Crippen LogP contribution in [-0.2, 0) is 26.0 Å². The maximum atomic E-state index is 11.0. The first-order valence-corrected chi connectivity index (χ1v) is 14.3. The van der Waals surface area contributed by atoms with Gasteiger partial charge in [-0.2, -0.15) is 20.7 Å². The van der Waals surface area contributed by atoms with Crippen LogP contribution in [0.25, 0.3) is 21.8 Å². The Balaban J connectivity index is 0.000000165. The minimum absolute atomic E-state index is 0.520. The van der Waals surface area contributed by atoms with Crippen molar-refractivity contribution in [2.24, 2.45) is 14.1 Å². The van der Waals surface area contributed by atoms with Gasteiger partial charge in [-0.15, -0.1) is 0 Å². The van der Waals surface area contributed by atoms with Gasteiger partial charge in [0, 0.05) is 75.9 Å². The Labute approximate surface area is 256 Å². The zero-order valence-corrected chi connectivity index (χ0v) is 25.8. The number of hydrogen-bond acceptors (Lipinski definition) is 6. The first-order valence-electron chi connectivity index (χ1n) is 13.2. The summed E-state index contributed by atoms with van der Waals surface area (Å²) in [6.45, 7) is 4.36. The summed E-state index contributed by atoms with van der Waals surface area (Å²) < 4.78 is 5.48. The second-order valence-corrected chi connectivity index (χ2v) is 10.5. The maximum absolute atomic E-state index is 11.0. The molecule has 2 aromatic carbocycles. The van der Waals surface area contributed by atoms with E-state index in [1.165, 1.54) is 5.56 Å². The average Bonchev–Trinajstić information content (AvgIpc) is 3.81. The van der Waals surface area contributed by atoms with Crippen LogP contribution in [0.15, 0.2) is 61.2 Å². The van der Waals surface area contributed by atoms with Crippen molar-refractivity contribution in [1.82, 2.24) is 29.1 Å². The standard InChI is InChI=1S/C16H14N4O.C11H8N2O.C5H7BrN2/c1-11-13(10-21)3-4-16-15(11)5-14(6-17)20(16)9-12-7-18-19(2)8-12;1-7-8(6-14)2-3-11-10(7)4-9(5-12)13-11;1-8-4-5(2-6)3-7-8/h3-5,7-8,10H,9H2,1-2H3;2-4,6,13H,1H3;3-4H,2H2,1H3. The van der Waals surface area contributed by atoms with Crippen molar-refractivity contribution in [3.63, 3.8) is 0 Å². The van der Waals surface area contributed by atoms with E-state index >= 15 is 0 Å². The number of carbonyl (C=O) groups excluding carboxylic acids is 2. The normalized spacial score (nSPS) is 10.3. The number of halogens is 1. The van der Waals surface area contributed by atoms with Crippen LogP contribution in [0, 0.1) is 36.5 Å². The Morgan fingerprint density at radius 3 is 1.98 bits per heavy atom. The van der Waals surface area contributed by atoms with E-state index in [-0.39, 0.29) is 0 Å². The smallest absolute Gasteiger partial charge is 0.150 e. The van der Waals surface area contributed by atoms with E-state index in [2.05, 4.69) is 37.2 Å². The van der Waals surface area contributed by atoms with Gasteiger partial charge in [0.25, 0.3) is 0 Å². The lowest BCUT2D eigenvalue weighted by molar-refractivity contribution is 0.111. The Bertz CT molecular complexity index is 2010. The fourth-order valence-corrected chi connectivity index (χ4v) is 5.00. The third kappa shape index (κ3) is 6.80. The second kappa shape index (κ2) is 13.6. The molecule has 6 rings (SSSR count). The van der Waals surface area contributed by atoms with E-state index in [0.29, 0.717) is 29.1 Å². The highest BCUT2D eigenvalue weighted by atomic mass is 79.9. The summed E-state index contributed by atoms with van der Waals surface area (Å²) in [6, 6.07) is 15.1. The number of aldehydes is 2. The monoisotopic (exact) mass is 636 g/mol. The van der Waals surface area contributed by atoms with Gasteiger partial charge in [-0.05, 0) is 61.4 Å². The van der Waals surface area contributed by atoms with Crippen molar-refractivity contribution in [3.05, 3.63) is 106 Å². The highest BCUT2D eigenvalue weighted by molar-refractivity contribution is 9.08. The van der Waals surface area contributed by atoms with Crippen molar-refractivity contribution in [3.8, 4) is 12.1 Å². The van der Waals surface area contributed by atoms with Gasteiger partial charge in [0.2, 0.25) is 0 Å². The summed E-state index contributed by atoms with van der Waals surface area (Å²) in [5.41, 5.74) is 8.34. The van der Waals surface area contributed by atoms with E-state index in [9.17, 15) is 14.9 Å². The lowest BCUT2D eigenvalue weighted by Gasteiger charge is -2.06. The summed E-state index contributed by atoms with van der Waals surface area (Å²) in [7, 11) is 3.77. The predicted molar refractivity (Wildman–Crippen MR) is 168 cm³/mol. The minimum atomic E-state index is 0.520. The molecule has 0 spiro atoms.